The number of aryl methyl sites for hydroxylation is 1. The largest absolute Gasteiger partial charge is 0.394 e. The van der Waals surface area contributed by atoms with Gasteiger partial charge < -0.3 is 20.1 Å². The van der Waals surface area contributed by atoms with Crippen molar-refractivity contribution in [3.05, 3.63) is 48.2 Å². The minimum absolute atomic E-state index is 0. The van der Waals surface area contributed by atoms with Crippen LogP contribution in [0.15, 0.2) is 42.6 Å². The van der Waals surface area contributed by atoms with Gasteiger partial charge in [-0.25, -0.2) is 0 Å². The number of rotatable bonds is 5. The highest BCUT2D eigenvalue weighted by molar-refractivity contribution is 7.26. The molecule has 2 heterocycles. The number of aliphatic hydroxyl groups is 2. The number of aromatic nitrogens is 1. The van der Waals surface area contributed by atoms with E-state index in [-0.39, 0.29) is 25.6 Å². The highest BCUT2D eigenvalue weighted by atomic mass is 35.5. The number of halogens is 1. The minimum atomic E-state index is -0.684. The lowest BCUT2D eigenvalue weighted by atomic mass is 10.0. The van der Waals surface area contributed by atoms with Crippen molar-refractivity contribution in [1.29, 1.82) is 0 Å². The van der Waals surface area contributed by atoms with Gasteiger partial charge >= 0.3 is 0 Å². The zero-order valence-electron chi connectivity index (χ0n) is 14.8. The fourth-order valence-electron chi connectivity index (χ4n) is 3.36. The molecule has 0 unspecified atom stereocenters. The average Bonchev–Trinajstić information content (AvgIpc) is 3.17. The standard InChI is InChI=1S/C20H22N2O2S.ClH/c1-20(11-23,12-24)21-9-13-10-22(2)16-8-7-15-14-5-3-4-6-17(14)25-19(15)18(13)16;/h3-8,10,21,23-24H,9,11-12H2,1-2H3;1H. The van der Waals surface area contributed by atoms with E-state index in [1.807, 2.05) is 18.3 Å². The lowest BCUT2D eigenvalue weighted by Crippen LogP contribution is -2.48. The van der Waals surface area contributed by atoms with Crippen molar-refractivity contribution in [3.8, 4) is 0 Å². The number of benzene rings is 2. The van der Waals surface area contributed by atoms with Crippen LogP contribution >= 0.6 is 23.7 Å². The van der Waals surface area contributed by atoms with Crippen LogP contribution in [-0.2, 0) is 13.6 Å². The zero-order valence-corrected chi connectivity index (χ0v) is 16.5. The third-order valence-electron chi connectivity index (χ3n) is 4.98. The third kappa shape index (κ3) is 3.00. The molecule has 2 aromatic heterocycles. The van der Waals surface area contributed by atoms with E-state index in [0.29, 0.717) is 6.54 Å². The molecule has 0 aliphatic rings. The predicted octanol–water partition coefficient (Wildman–Crippen LogP) is 3.80. The van der Waals surface area contributed by atoms with Gasteiger partial charge in [0, 0.05) is 50.9 Å². The predicted molar refractivity (Wildman–Crippen MR) is 112 cm³/mol. The van der Waals surface area contributed by atoms with Gasteiger partial charge in [-0.2, -0.15) is 0 Å². The summed E-state index contributed by atoms with van der Waals surface area (Å²) >= 11 is 1.82. The molecule has 4 rings (SSSR count). The minimum Gasteiger partial charge on any atom is -0.394 e. The van der Waals surface area contributed by atoms with E-state index in [1.165, 1.54) is 36.6 Å². The number of hydrogen-bond donors (Lipinski definition) is 3. The molecule has 0 spiro atoms. The topological polar surface area (TPSA) is 57.4 Å². The number of thiophene rings is 1. The molecule has 138 valence electrons. The SMILES string of the molecule is Cl.Cn1cc(CNC(C)(CO)CO)c2c3sc4ccccc4c3ccc21. The van der Waals surface area contributed by atoms with Gasteiger partial charge in [0.05, 0.1) is 18.8 Å². The van der Waals surface area contributed by atoms with E-state index in [2.05, 4.69) is 59.5 Å². The van der Waals surface area contributed by atoms with Crippen molar-refractivity contribution < 1.29 is 10.2 Å². The zero-order chi connectivity index (χ0) is 17.6. The highest BCUT2D eigenvalue weighted by Crippen LogP contribution is 2.40. The van der Waals surface area contributed by atoms with Crippen LogP contribution in [0.5, 0.6) is 0 Å². The molecule has 26 heavy (non-hydrogen) atoms. The van der Waals surface area contributed by atoms with Crippen molar-refractivity contribution in [2.45, 2.75) is 19.0 Å². The fraction of sp³-hybridized carbons (Fsp3) is 0.300. The molecule has 4 nitrogen and oxygen atoms in total. The van der Waals surface area contributed by atoms with Crippen molar-refractivity contribution in [3.63, 3.8) is 0 Å². The summed E-state index contributed by atoms with van der Waals surface area (Å²) in [6.07, 6.45) is 2.14. The second kappa shape index (κ2) is 7.18. The fourth-order valence-corrected chi connectivity index (χ4v) is 4.64. The van der Waals surface area contributed by atoms with E-state index in [9.17, 15) is 10.2 Å². The number of hydrogen-bond acceptors (Lipinski definition) is 4. The molecule has 0 saturated heterocycles. The maximum atomic E-state index is 9.52. The lowest BCUT2D eigenvalue weighted by molar-refractivity contribution is 0.103. The summed E-state index contributed by atoms with van der Waals surface area (Å²) in [6.45, 7) is 2.22. The summed E-state index contributed by atoms with van der Waals surface area (Å²) in [4.78, 5) is 0. The molecule has 2 aromatic carbocycles. The van der Waals surface area contributed by atoms with E-state index in [0.717, 1.165) is 0 Å². The second-order valence-electron chi connectivity index (χ2n) is 6.93. The summed E-state index contributed by atoms with van der Waals surface area (Å²) < 4.78 is 4.74. The highest BCUT2D eigenvalue weighted by Gasteiger charge is 2.22. The van der Waals surface area contributed by atoms with Crippen molar-refractivity contribution in [2.24, 2.45) is 7.05 Å². The molecular formula is C20H23ClN2O2S. The molecule has 0 amide bonds. The molecule has 0 aliphatic carbocycles. The molecule has 0 atom stereocenters. The maximum Gasteiger partial charge on any atom is 0.0633 e. The Balaban J connectivity index is 0.00000196. The Kier molecular flexibility index (Phi) is 5.28. The summed E-state index contributed by atoms with van der Waals surface area (Å²) in [6, 6.07) is 12.9. The lowest BCUT2D eigenvalue weighted by Gasteiger charge is -2.26. The first-order valence-corrected chi connectivity index (χ1v) is 9.23. The molecule has 3 N–H and O–H groups in total. The van der Waals surface area contributed by atoms with Gasteiger partial charge in [-0.15, -0.1) is 23.7 Å². The van der Waals surface area contributed by atoms with E-state index in [1.54, 1.807) is 0 Å². The first-order chi connectivity index (χ1) is 12.1. The Hall–Kier alpha value is -1.63. The molecule has 0 saturated carbocycles. The van der Waals surface area contributed by atoms with Crippen LogP contribution in [0, 0.1) is 0 Å². The van der Waals surface area contributed by atoms with Crippen LogP contribution in [0.25, 0.3) is 31.1 Å². The van der Waals surface area contributed by atoms with Crippen LogP contribution in [0.4, 0.5) is 0 Å². The van der Waals surface area contributed by atoms with Crippen molar-refractivity contribution in [2.75, 3.05) is 13.2 Å². The molecule has 6 heteroatoms. The Bertz CT molecular complexity index is 1070. The second-order valence-corrected chi connectivity index (χ2v) is 7.98. The monoisotopic (exact) mass is 390 g/mol. The summed E-state index contributed by atoms with van der Waals surface area (Å²) in [5.41, 5.74) is 1.70. The normalized spacial score (nSPS) is 12.2. The van der Waals surface area contributed by atoms with Gasteiger partial charge in [0.2, 0.25) is 0 Å². The van der Waals surface area contributed by atoms with Gasteiger partial charge in [-0.3, -0.25) is 0 Å². The van der Waals surface area contributed by atoms with Gasteiger partial charge in [0.15, 0.2) is 0 Å². The van der Waals surface area contributed by atoms with E-state index < -0.39 is 5.54 Å². The van der Waals surface area contributed by atoms with E-state index >= 15 is 0 Å². The van der Waals surface area contributed by atoms with Gasteiger partial charge in [0.25, 0.3) is 0 Å². The summed E-state index contributed by atoms with van der Waals surface area (Å²) in [5.74, 6) is 0. The number of nitrogens with one attached hydrogen (secondary N) is 1. The Morgan fingerprint density at radius 2 is 1.81 bits per heavy atom. The van der Waals surface area contributed by atoms with Crippen LogP contribution in [0.3, 0.4) is 0 Å². The van der Waals surface area contributed by atoms with Crippen LogP contribution < -0.4 is 5.32 Å². The third-order valence-corrected chi connectivity index (χ3v) is 6.18. The van der Waals surface area contributed by atoms with Crippen molar-refractivity contribution >= 4 is 54.8 Å². The van der Waals surface area contributed by atoms with Crippen molar-refractivity contribution in [1.82, 2.24) is 9.88 Å². The molecule has 0 fully saturated rings. The van der Waals surface area contributed by atoms with Crippen LogP contribution in [0.2, 0.25) is 0 Å². The first kappa shape index (κ1) is 19.1. The smallest absolute Gasteiger partial charge is 0.0633 e. The maximum absolute atomic E-state index is 9.52. The molecule has 4 aromatic rings. The number of nitrogens with zero attached hydrogens (tertiary/aromatic N) is 1. The van der Waals surface area contributed by atoms with Gasteiger partial charge in [0.1, 0.15) is 0 Å². The number of aliphatic hydroxyl groups excluding tert-OH is 2. The van der Waals surface area contributed by atoms with Crippen LogP contribution in [-0.4, -0.2) is 33.5 Å². The van der Waals surface area contributed by atoms with Crippen LogP contribution in [0.1, 0.15) is 12.5 Å². The Morgan fingerprint density at radius 3 is 2.54 bits per heavy atom. The molecule has 0 aliphatic heterocycles. The summed E-state index contributed by atoms with van der Waals surface area (Å²) in [5, 5.41) is 26.2. The molecule has 0 bridgehead atoms. The molecular weight excluding hydrogens is 368 g/mol. The Labute approximate surface area is 162 Å². The average molecular weight is 391 g/mol. The number of fused-ring (bicyclic) bond motifs is 5. The molecule has 0 radical (unpaired) electrons. The first-order valence-electron chi connectivity index (χ1n) is 8.41. The Morgan fingerprint density at radius 1 is 1.08 bits per heavy atom. The van der Waals surface area contributed by atoms with E-state index in [4.69, 9.17) is 0 Å². The summed E-state index contributed by atoms with van der Waals surface area (Å²) in [7, 11) is 2.06. The van der Waals surface area contributed by atoms with Gasteiger partial charge in [-0.05, 0) is 24.6 Å². The quantitative estimate of drug-likeness (QED) is 0.485. The van der Waals surface area contributed by atoms with Gasteiger partial charge in [-0.1, -0.05) is 24.3 Å².